The van der Waals surface area contributed by atoms with E-state index in [4.69, 9.17) is 9.47 Å². The number of piperidine rings is 1. The van der Waals surface area contributed by atoms with Crippen molar-refractivity contribution in [2.24, 2.45) is 16.8 Å². The lowest BCUT2D eigenvalue weighted by atomic mass is 9.82. The number of nitrogens with one attached hydrogen (secondary N) is 1. The lowest BCUT2D eigenvalue weighted by Crippen LogP contribution is -2.48. The minimum atomic E-state index is 0. The lowest BCUT2D eigenvalue weighted by Gasteiger charge is -2.35. The molecule has 1 saturated heterocycles. The van der Waals surface area contributed by atoms with Crippen molar-refractivity contribution in [3.63, 3.8) is 0 Å². The molecule has 2 rings (SSSR count). The van der Waals surface area contributed by atoms with Gasteiger partial charge < -0.3 is 19.7 Å². The minimum absolute atomic E-state index is 0. The first kappa shape index (κ1) is 23.0. The molecule has 2 fully saturated rings. The van der Waals surface area contributed by atoms with Gasteiger partial charge in [0.15, 0.2) is 5.96 Å². The molecule has 5 nitrogen and oxygen atoms in total. The number of aliphatic imine (C=N–C) groups is 1. The fourth-order valence-electron chi connectivity index (χ4n) is 4.00. The van der Waals surface area contributed by atoms with Crippen molar-refractivity contribution in [3.05, 3.63) is 0 Å². The first-order valence-corrected chi connectivity index (χ1v) is 9.79. The van der Waals surface area contributed by atoms with Crippen molar-refractivity contribution in [1.29, 1.82) is 0 Å². The Morgan fingerprint density at radius 1 is 1.16 bits per heavy atom. The number of halogens is 1. The summed E-state index contributed by atoms with van der Waals surface area (Å²) in [5, 5.41) is 3.62. The number of nitrogens with zero attached hydrogens (tertiary/aromatic N) is 2. The van der Waals surface area contributed by atoms with Crippen molar-refractivity contribution >= 4 is 29.9 Å². The molecule has 1 N–H and O–H groups in total. The van der Waals surface area contributed by atoms with Crippen LogP contribution in [0.3, 0.4) is 0 Å². The fraction of sp³-hybridized carbons (Fsp3) is 0.947. The van der Waals surface area contributed by atoms with E-state index in [2.05, 4.69) is 22.1 Å². The standard InChI is InChI=1S/C19H37N3O2.HI/c1-16-6-4-7-17(14-16)15-21-19(20-2)22-10-8-18(9-11-22)24-13-5-12-23-3;/h16-18H,4-15H2,1-3H3,(H,20,21);1H. The van der Waals surface area contributed by atoms with E-state index >= 15 is 0 Å². The van der Waals surface area contributed by atoms with E-state index in [0.717, 1.165) is 69.9 Å². The average molecular weight is 467 g/mol. The van der Waals surface area contributed by atoms with Crippen LogP contribution in [0, 0.1) is 11.8 Å². The zero-order chi connectivity index (χ0) is 17.2. The highest BCUT2D eigenvalue weighted by molar-refractivity contribution is 14.0. The van der Waals surface area contributed by atoms with Gasteiger partial charge in [0.1, 0.15) is 0 Å². The molecule has 0 aromatic heterocycles. The second-order valence-electron chi connectivity index (χ2n) is 7.47. The van der Waals surface area contributed by atoms with Gasteiger partial charge in [-0.1, -0.05) is 19.8 Å². The quantitative estimate of drug-likeness (QED) is 0.269. The molecule has 25 heavy (non-hydrogen) atoms. The molecule has 6 heteroatoms. The molecule has 0 bridgehead atoms. The molecule has 1 aliphatic heterocycles. The second kappa shape index (κ2) is 13.1. The molecule has 0 aromatic carbocycles. The van der Waals surface area contributed by atoms with Crippen molar-refractivity contribution in [2.75, 3.05) is 47.0 Å². The molecule has 0 spiro atoms. The number of ether oxygens (including phenoxy) is 2. The van der Waals surface area contributed by atoms with Crippen molar-refractivity contribution in [3.8, 4) is 0 Å². The zero-order valence-corrected chi connectivity index (χ0v) is 18.7. The van der Waals surface area contributed by atoms with Crippen LogP contribution in [-0.2, 0) is 9.47 Å². The Labute approximate surface area is 171 Å². The maximum Gasteiger partial charge on any atom is 0.193 e. The Morgan fingerprint density at radius 2 is 1.92 bits per heavy atom. The van der Waals surface area contributed by atoms with E-state index < -0.39 is 0 Å². The summed E-state index contributed by atoms with van der Waals surface area (Å²) in [6.07, 6.45) is 9.09. The van der Waals surface area contributed by atoms with Crippen LogP contribution in [0.2, 0.25) is 0 Å². The highest BCUT2D eigenvalue weighted by Gasteiger charge is 2.23. The van der Waals surface area contributed by atoms with Crippen molar-refractivity contribution in [1.82, 2.24) is 10.2 Å². The second-order valence-corrected chi connectivity index (χ2v) is 7.47. The third-order valence-electron chi connectivity index (χ3n) is 5.39. The number of guanidine groups is 1. The summed E-state index contributed by atoms with van der Waals surface area (Å²) >= 11 is 0. The largest absolute Gasteiger partial charge is 0.385 e. The maximum atomic E-state index is 5.95. The first-order chi connectivity index (χ1) is 11.7. The van der Waals surface area contributed by atoms with Crippen LogP contribution in [0.4, 0.5) is 0 Å². The molecular formula is C19H38IN3O2. The van der Waals surface area contributed by atoms with E-state index in [0.29, 0.717) is 6.10 Å². The summed E-state index contributed by atoms with van der Waals surface area (Å²) < 4.78 is 11.0. The summed E-state index contributed by atoms with van der Waals surface area (Å²) in [6, 6.07) is 0. The Kier molecular flexibility index (Phi) is 12.1. The summed E-state index contributed by atoms with van der Waals surface area (Å²) in [5.74, 6) is 2.77. The summed E-state index contributed by atoms with van der Waals surface area (Å²) in [6.45, 7) is 7.13. The van der Waals surface area contributed by atoms with Crippen LogP contribution < -0.4 is 5.32 Å². The topological polar surface area (TPSA) is 46.1 Å². The van der Waals surface area contributed by atoms with Gasteiger partial charge in [-0.05, 0) is 43.9 Å². The van der Waals surface area contributed by atoms with Gasteiger partial charge in [0.25, 0.3) is 0 Å². The highest BCUT2D eigenvalue weighted by atomic mass is 127. The lowest BCUT2D eigenvalue weighted by molar-refractivity contribution is 0.00986. The number of rotatable bonds is 7. The molecule has 0 amide bonds. The van der Waals surface area contributed by atoms with Gasteiger partial charge in [-0.25, -0.2) is 0 Å². The third-order valence-corrected chi connectivity index (χ3v) is 5.39. The normalized spacial score (nSPS) is 25.6. The molecule has 1 heterocycles. The van der Waals surface area contributed by atoms with Crippen molar-refractivity contribution < 1.29 is 9.47 Å². The van der Waals surface area contributed by atoms with Crippen molar-refractivity contribution in [2.45, 2.75) is 58.0 Å². The van der Waals surface area contributed by atoms with E-state index in [-0.39, 0.29) is 24.0 Å². The molecular weight excluding hydrogens is 429 g/mol. The zero-order valence-electron chi connectivity index (χ0n) is 16.3. The van der Waals surface area contributed by atoms with E-state index in [1.807, 2.05) is 7.05 Å². The predicted octanol–water partition coefficient (Wildman–Crippen LogP) is 3.52. The number of hydrogen-bond acceptors (Lipinski definition) is 3. The smallest absolute Gasteiger partial charge is 0.193 e. The number of hydrogen-bond donors (Lipinski definition) is 1. The number of methoxy groups -OCH3 is 1. The maximum absolute atomic E-state index is 5.95. The summed E-state index contributed by atoms with van der Waals surface area (Å²) in [7, 11) is 3.64. The molecule has 2 atom stereocenters. The van der Waals surface area contributed by atoms with Crippen LogP contribution in [0.25, 0.3) is 0 Å². The van der Waals surface area contributed by atoms with Gasteiger partial charge in [0, 0.05) is 47.0 Å². The summed E-state index contributed by atoms with van der Waals surface area (Å²) in [5.41, 5.74) is 0. The highest BCUT2D eigenvalue weighted by Crippen LogP contribution is 2.28. The van der Waals surface area contributed by atoms with E-state index in [1.165, 1.54) is 25.7 Å². The molecule has 0 radical (unpaired) electrons. The molecule has 2 aliphatic rings. The van der Waals surface area contributed by atoms with Crippen LogP contribution in [0.1, 0.15) is 51.9 Å². The van der Waals surface area contributed by atoms with Gasteiger partial charge >= 0.3 is 0 Å². The van der Waals surface area contributed by atoms with Gasteiger partial charge in [0.2, 0.25) is 0 Å². The summed E-state index contributed by atoms with van der Waals surface area (Å²) in [4.78, 5) is 6.89. The molecule has 0 aromatic rings. The predicted molar refractivity (Wildman–Crippen MR) is 115 cm³/mol. The molecule has 148 valence electrons. The Bertz CT molecular complexity index is 374. The van der Waals surface area contributed by atoms with Gasteiger partial charge in [0.05, 0.1) is 6.10 Å². The van der Waals surface area contributed by atoms with Gasteiger partial charge in [-0.15, -0.1) is 24.0 Å². The van der Waals surface area contributed by atoms with Crippen LogP contribution in [-0.4, -0.2) is 64.0 Å². The fourth-order valence-corrected chi connectivity index (χ4v) is 4.00. The van der Waals surface area contributed by atoms with Gasteiger partial charge in [-0.3, -0.25) is 4.99 Å². The molecule has 1 aliphatic carbocycles. The van der Waals surface area contributed by atoms with E-state index in [9.17, 15) is 0 Å². The SMILES string of the molecule is CN=C(NCC1CCCC(C)C1)N1CCC(OCCCOC)CC1.I. The Morgan fingerprint density at radius 3 is 2.56 bits per heavy atom. The average Bonchev–Trinajstić information content (AvgIpc) is 2.60. The van der Waals surface area contributed by atoms with Crippen LogP contribution in [0.5, 0.6) is 0 Å². The monoisotopic (exact) mass is 467 g/mol. The van der Waals surface area contributed by atoms with E-state index in [1.54, 1.807) is 7.11 Å². The molecule has 2 unspecified atom stereocenters. The van der Waals surface area contributed by atoms with Crippen LogP contribution >= 0.6 is 24.0 Å². The minimum Gasteiger partial charge on any atom is -0.385 e. The molecule has 1 saturated carbocycles. The Balaban J connectivity index is 0.00000312. The van der Waals surface area contributed by atoms with Gasteiger partial charge in [-0.2, -0.15) is 0 Å². The van der Waals surface area contributed by atoms with Crippen LogP contribution in [0.15, 0.2) is 4.99 Å². The number of likely N-dealkylation sites (tertiary alicyclic amines) is 1. The first-order valence-electron chi connectivity index (χ1n) is 9.79. The Hall–Kier alpha value is -0.0800. The third kappa shape index (κ3) is 8.43.